The van der Waals surface area contributed by atoms with Gasteiger partial charge in [-0.05, 0) is 61.6 Å². The van der Waals surface area contributed by atoms with Gasteiger partial charge in [-0.3, -0.25) is 0 Å². The van der Waals surface area contributed by atoms with E-state index in [4.69, 9.17) is 4.74 Å². The zero-order chi connectivity index (χ0) is 18.2. The van der Waals surface area contributed by atoms with Gasteiger partial charge in [0.25, 0.3) is 0 Å². The smallest absolute Gasteiger partial charge is 0.126 e. The predicted octanol–water partition coefficient (Wildman–Crippen LogP) is 4.80. The van der Waals surface area contributed by atoms with Gasteiger partial charge in [-0.25, -0.2) is 4.98 Å². The summed E-state index contributed by atoms with van der Waals surface area (Å²) < 4.78 is 5.82. The van der Waals surface area contributed by atoms with Crippen molar-refractivity contribution in [1.29, 1.82) is 0 Å². The van der Waals surface area contributed by atoms with Crippen LogP contribution in [-0.4, -0.2) is 30.3 Å². The van der Waals surface area contributed by atoms with E-state index in [9.17, 15) is 0 Å². The van der Waals surface area contributed by atoms with E-state index in [0.717, 1.165) is 25.5 Å². The number of hydrogen-bond donors (Lipinski definition) is 2. The molecule has 1 saturated heterocycles. The predicted molar refractivity (Wildman–Crippen MR) is 109 cm³/mol. The molecule has 2 N–H and O–H groups in total. The highest BCUT2D eigenvalue weighted by Gasteiger charge is 2.22. The number of aromatic nitrogens is 1. The summed E-state index contributed by atoms with van der Waals surface area (Å²) in [6, 6.07) is 13.3. The molecule has 1 aromatic heterocycles. The van der Waals surface area contributed by atoms with Crippen molar-refractivity contribution < 1.29 is 4.74 Å². The van der Waals surface area contributed by atoms with Gasteiger partial charge in [0.1, 0.15) is 5.82 Å². The van der Waals surface area contributed by atoms with E-state index in [-0.39, 0.29) is 6.04 Å². The van der Waals surface area contributed by atoms with Crippen LogP contribution in [0.15, 0.2) is 42.6 Å². The minimum Gasteiger partial charge on any atom is -0.380 e. The van der Waals surface area contributed by atoms with Crippen LogP contribution < -0.4 is 10.6 Å². The summed E-state index contributed by atoms with van der Waals surface area (Å²) >= 11 is 0. The molecular formula is C22H31N3O. The summed E-state index contributed by atoms with van der Waals surface area (Å²) in [5.74, 6) is 0.912. The molecular weight excluding hydrogens is 322 g/mol. The molecule has 4 nitrogen and oxygen atoms in total. The molecule has 0 saturated carbocycles. The maximum atomic E-state index is 5.82. The quantitative estimate of drug-likeness (QED) is 0.669. The number of nitrogens with zero attached hydrogens (tertiary/aromatic N) is 1. The minimum absolute atomic E-state index is 0.283. The molecule has 2 heterocycles. The largest absolute Gasteiger partial charge is 0.380 e. The maximum absolute atomic E-state index is 5.82. The Balaban J connectivity index is 1.57. The molecule has 26 heavy (non-hydrogen) atoms. The third-order valence-electron chi connectivity index (χ3n) is 4.99. The summed E-state index contributed by atoms with van der Waals surface area (Å²) in [4.78, 5) is 4.35. The lowest BCUT2D eigenvalue weighted by atomic mass is 10.0. The molecule has 0 spiro atoms. The van der Waals surface area contributed by atoms with Crippen molar-refractivity contribution in [2.75, 3.05) is 23.8 Å². The SMILES string of the molecule is CCCCCc1cc(NC2COCC(Nc3ccccn3)C2)ccc1C. The van der Waals surface area contributed by atoms with Crippen molar-refractivity contribution in [3.63, 3.8) is 0 Å². The van der Waals surface area contributed by atoms with Gasteiger partial charge in [-0.15, -0.1) is 0 Å². The van der Waals surface area contributed by atoms with Crippen LogP contribution >= 0.6 is 0 Å². The number of aryl methyl sites for hydroxylation is 2. The zero-order valence-electron chi connectivity index (χ0n) is 16.0. The average Bonchev–Trinajstić information content (AvgIpc) is 2.66. The van der Waals surface area contributed by atoms with E-state index in [0.29, 0.717) is 6.04 Å². The second-order valence-corrected chi connectivity index (χ2v) is 7.27. The van der Waals surface area contributed by atoms with E-state index in [2.05, 4.69) is 47.7 Å². The van der Waals surface area contributed by atoms with Crippen LogP contribution in [0.4, 0.5) is 11.5 Å². The fourth-order valence-corrected chi connectivity index (χ4v) is 3.52. The first-order valence-corrected chi connectivity index (χ1v) is 9.86. The first kappa shape index (κ1) is 18.7. The molecule has 0 bridgehead atoms. The number of rotatable bonds is 8. The van der Waals surface area contributed by atoms with Gasteiger partial charge >= 0.3 is 0 Å². The highest BCUT2D eigenvalue weighted by atomic mass is 16.5. The normalized spacial score (nSPS) is 19.9. The van der Waals surface area contributed by atoms with E-state index in [1.165, 1.54) is 42.5 Å². The average molecular weight is 354 g/mol. The number of hydrogen-bond acceptors (Lipinski definition) is 4. The van der Waals surface area contributed by atoms with Crippen molar-refractivity contribution in [2.45, 2.75) is 58.0 Å². The Labute approximate surface area is 157 Å². The van der Waals surface area contributed by atoms with Gasteiger partial charge in [0.05, 0.1) is 25.3 Å². The molecule has 140 valence electrons. The standard InChI is InChI=1S/C22H31N3O/c1-3-4-5-8-18-13-19(11-10-17(18)2)24-20-14-21(16-26-15-20)25-22-9-6-7-12-23-22/h6-7,9-13,20-21,24H,3-5,8,14-16H2,1-2H3,(H,23,25). The Morgan fingerprint density at radius 1 is 1.08 bits per heavy atom. The monoisotopic (exact) mass is 353 g/mol. The molecule has 2 aromatic rings. The number of ether oxygens (including phenoxy) is 1. The van der Waals surface area contributed by atoms with E-state index in [1.54, 1.807) is 0 Å². The Morgan fingerprint density at radius 2 is 1.92 bits per heavy atom. The van der Waals surface area contributed by atoms with Gasteiger partial charge in [0.15, 0.2) is 0 Å². The Bertz CT molecular complexity index is 674. The summed E-state index contributed by atoms with van der Waals surface area (Å²) in [6.07, 6.45) is 7.84. The molecule has 0 radical (unpaired) electrons. The van der Waals surface area contributed by atoms with Crippen molar-refractivity contribution in [3.05, 3.63) is 53.7 Å². The highest BCUT2D eigenvalue weighted by molar-refractivity contribution is 5.49. The molecule has 4 heteroatoms. The van der Waals surface area contributed by atoms with E-state index >= 15 is 0 Å². The fourth-order valence-electron chi connectivity index (χ4n) is 3.52. The lowest BCUT2D eigenvalue weighted by Crippen LogP contribution is -2.41. The molecule has 1 fully saturated rings. The van der Waals surface area contributed by atoms with Gasteiger partial charge in [-0.1, -0.05) is 31.9 Å². The van der Waals surface area contributed by atoms with Crippen LogP contribution in [0, 0.1) is 6.92 Å². The van der Waals surface area contributed by atoms with Crippen molar-refractivity contribution in [1.82, 2.24) is 4.98 Å². The van der Waals surface area contributed by atoms with Crippen molar-refractivity contribution >= 4 is 11.5 Å². The number of unbranched alkanes of at least 4 members (excludes halogenated alkanes) is 2. The lowest BCUT2D eigenvalue weighted by Gasteiger charge is -2.31. The van der Waals surface area contributed by atoms with Crippen LogP contribution in [0.1, 0.15) is 43.7 Å². The molecule has 2 unspecified atom stereocenters. The number of anilines is 2. The highest BCUT2D eigenvalue weighted by Crippen LogP contribution is 2.21. The number of nitrogens with one attached hydrogen (secondary N) is 2. The van der Waals surface area contributed by atoms with E-state index in [1.807, 2.05) is 24.4 Å². The zero-order valence-corrected chi connectivity index (χ0v) is 16.0. The molecule has 1 aliphatic heterocycles. The molecule has 1 aliphatic rings. The van der Waals surface area contributed by atoms with Gasteiger partial charge in [0.2, 0.25) is 0 Å². The molecule has 0 aliphatic carbocycles. The van der Waals surface area contributed by atoms with Gasteiger partial charge in [-0.2, -0.15) is 0 Å². The molecule has 3 rings (SSSR count). The van der Waals surface area contributed by atoms with E-state index < -0.39 is 0 Å². The Kier molecular flexibility index (Phi) is 6.89. The molecule has 1 aromatic carbocycles. The summed E-state index contributed by atoms with van der Waals surface area (Å²) in [5.41, 5.74) is 4.05. The van der Waals surface area contributed by atoms with Crippen LogP contribution in [0.3, 0.4) is 0 Å². The second-order valence-electron chi connectivity index (χ2n) is 7.27. The summed E-state index contributed by atoms with van der Waals surface area (Å²) in [5, 5.41) is 7.14. The van der Waals surface area contributed by atoms with Crippen LogP contribution in [0.2, 0.25) is 0 Å². The Morgan fingerprint density at radius 3 is 2.69 bits per heavy atom. The summed E-state index contributed by atoms with van der Waals surface area (Å²) in [6.45, 7) is 5.94. The number of pyridine rings is 1. The number of benzene rings is 1. The Hall–Kier alpha value is -2.07. The topological polar surface area (TPSA) is 46.2 Å². The second kappa shape index (κ2) is 9.58. The summed E-state index contributed by atoms with van der Waals surface area (Å²) in [7, 11) is 0. The fraction of sp³-hybridized carbons (Fsp3) is 0.500. The van der Waals surface area contributed by atoms with Gasteiger partial charge in [0, 0.05) is 11.9 Å². The van der Waals surface area contributed by atoms with Crippen LogP contribution in [0.5, 0.6) is 0 Å². The van der Waals surface area contributed by atoms with Crippen molar-refractivity contribution in [3.8, 4) is 0 Å². The van der Waals surface area contributed by atoms with Crippen molar-refractivity contribution in [2.24, 2.45) is 0 Å². The molecule has 0 amide bonds. The first-order valence-electron chi connectivity index (χ1n) is 9.86. The third-order valence-corrected chi connectivity index (χ3v) is 4.99. The van der Waals surface area contributed by atoms with Gasteiger partial charge < -0.3 is 15.4 Å². The first-order chi connectivity index (χ1) is 12.7. The lowest BCUT2D eigenvalue weighted by molar-refractivity contribution is 0.0784. The van der Waals surface area contributed by atoms with Crippen LogP contribution in [-0.2, 0) is 11.2 Å². The maximum Gasteiger partial charge on any atom is 0.126 e. The minimum atomic E-state index is 0.283. The van der Waals surface area contributed by atoms with Crippen LogP contribution in [0.25, 0.3) is 0 Å². The molecule has 2 atom stereocenters. The third kappa shape index (κ3) is 5.46.